The number of ether oxygens (including phenoxy) is 1. The second kappa shape index (κ2) is 13.8. The molecule has 6 heteroatoms. The van der Waals surface area contributed by atoms with Crippen molar-refractivity contribution in [3.8, 4) is 0 Å². The molecule has 1 atom stereocenters. The fraction of sp³-hybridized carbons (Fsp3) is 1.00. The molecule has 0 bridgehead atoms. The maximum absolute atomic E-state index is 8.62. The van der Waals surface area contributed by atoms with Crippen LogP contribution in [0.1, 0.15) is 20.3 Å². The summed E-state index contributed by atoms with van der Waals surface area (Å²) in [6.45, 7) is 6.22. The lowest BCUT2D eigenvalue weighted by Gasteiger charge is -2.17. The summed E-state index contributed by atoms with van der Waals surface area (Å²) in [5.74, 6) is 0. The average molecular weight is 250 g/mol. The van der Waals surface area contributed by atoms with Crippen molar-refractivity contribution in [2.75, 3.05) is 47.9 Å². The van der Waals surface area contributed by atoms with Gasteiger partial charge in [0.15, 0.2) is 6.29 Å². The molecule has 0 amide bonds. The van der Waals surface area contributed by atoms with E-state index in [9.17, 15) is 0 Å². The zero-order valence-electron chi connectivity index (χ0n) is 12.2. The third-order valence-corrected chi connectivity index (χ3v) is 1.88. The molecule has 0 spiro atoms. The van der Waals surface area contributed by atoms with E-state index in [0.717, 1.165) is 19.5 Å². The summed E-state index contributed by atoms with van der Waals surface area (Å²) < 4.78 is 4.87. The molecule has 17 heavy (non-hydrogen) atoms. The van der Waals surface area contributed by atoms with Gasteiger partial charge in [-0.2, -0.15) is 5.12 Å². The van der Waals surface area contributed by atoms with E-state index < -0.39 is 6.29 Å². The van der Waals surface area contributed by atoms with E-state index in [1.165, 1.54) is 0 Å². The molecule has 0 radical (unpaired) electrons. The molecule has 0 aliphatic rings. The number of aliphatic hydroxyl groups excluding tert-OH is 1. The van der Waals surface area contributed by atoms with Crippen LogP contribution in [0, 0.1) is 0 Å². The Morgan fingerprint density at radius 2 is 1.71 bits per heavy atom. The highest BCUT2D eigenvalue weighted by atomic mass is 16.6. The molecule has 106 valence electrons. The predicted molar refractivity (Wildman–Crippen MR) is 71.3 cm³/mol. The smallest absolute Gasteiger partial charge is 0.151 e. The number of aliphatic hydroxyl groups is 1. The van der Waals surface area contributed by atoms with Gasteiger partial charge in [0.25, 0.3) is 0 Å². The van der Waals surface area contributed by atoms with Gasteiger partial charge in [0.1, 0.15) is 0 Å². The Morgan fingerprint density at radius 1 is 1.18 bits per heavy atom. The number of hydrazine groups is 2. The Labute approximate surface area is 106 Å². The molecule has 0 rings (SSSR count). The van der Waals surface area contributed by atoms with Gasteiger partial charge in [-0.25, -0.2) is 10.9 Å². The highest BCUT2D eigenvalue weighted by Gasteiger charge is 1.93. The number of rotatable bonds is 8. The molecule has 0 saturated carbocycles. The molecule has 0 aliphatic heterocycles. The van der Waals surface area contributed by atoms with E-state index in [0.29, 0.717) is 6.61 Å². The van der Waals surface area contributed by atoms with Gasteiger partial charge in [-0.05, 0) is 27.4 Å². The Kier molecular flexibility index (Phi) is 15.5. The topological polar surface area (TPSA) is 60.0 Å². The summed E-state index contributed by atoms with van der Waals surface area (Å²) in [6.07, 6.45) is 0.520. The lowest BCUT2D eigenvalue weighted by atomic mass is 10.5. The zero-order valence-corrected chi connectivity index (χ0v) is 12.2. The summed E-state index contributed by atoms with van der Waals surface area (Å²) in [4.78, 5) is 2.00. The normalized spacial score (nSPS) is 12.5. The molecule has 1 unspecified atom stereocenters. The zero-order chi connectivity index (χ0) is 13.7. The van der Waals surface area contributed by atoms with Crippen molar-refractivity contribution < 1.29 is 9.84 Å². The second-order valence-electron chi connectivity index (χ2n) is 3.87. The van der Waals surface area contributed by atoms with Gasteiger partial charge in [-0.1, -0.05) is 6.92 Å². The van der Waals surface area contributed by atoms with Crippen molar-refractivity contribution in [3.63, 3.8) is 0 Å². The van der Waals surface area contributed by atoms with Crippen molar-refractivity contribution in [3.05, 3.63) is 0 Å². The first-order valence-electron chi connectivity index (χ1n) is 6.04. The van der Waals surface area contributed by atoms with Crippen molar-refractivity contribution in [1.29, 1.82) is 0 Å². The number of nitrogens with one attached hydrogen (secondary N) is 2. The maximum Gasteiger partial charge on any atom is 0.151 e. The van der Waals surface area contributed by atoms with Crippen LogP contribution in [0.3, 0.4) is 0 Å². The van der Waals surface area contributed by atoms with Gasteiger partial charge in [-0.15, -0.1) is 0 Å². The Morgan fingerprint density at radius 3 is 1.94 bits per heavy atom. The Hall–Kier alpha value is -0.240. The SMILES string of the molecule is CC(O)OCCN(C)C.CCCN(NC)NC. The summed E-state index contributed by atoms with van der Waals surface area (Å²) >= 11 is 0. The highest BCUT2D eigenvalue weighted by Crippen LogP contribution is 1.83. The van der Waals surface area contributed by atoms with Gasteiger partial charge in [-0.3, -0.25) is 0 Å². The second-order valence-corrected chi connectivity index (χ2v) is 3.87. The minimum atomic E-state index is -0.634. The molecule has 0 aromatic carbocycles. The first kappa shape index (κ1) is 19.1. The van der Waals surface area contributed by atoms with Crippen LogP contribution >= 0.6 is 0 Å². The molecule has 0 heterocycles. The molecule has 0 aromatic heterocycles. The molecule has 6 nitrogen and oxygen atoms in total. The van der Waals surface area contributed by atoms with Gasteiger partial charge < -0.3 is 14.7 Å². The number of hydrogen-bond donors (Lipinski definition) is 3. The van der Waals surface area contributed by atoms with Crippen molar-refractivity contribution in [2.24, 2.45) is 0 Å². The predicted octanol–water partition coefficient (Wildman–Crippen LogP) is -0.130. The van der Waals surface area contributed by atoms with Crippen LogP contribution in [-0.4, -0.2) is 69.3 Å². The molecule has 0 fully saturated rings. The van der Waals surface area contributed by atoms with Crippen LogP contribution in [0.5, 0.6) is 0 Å². The molecule has 0 aromatic rings. The molecule has 0 saturated heterocycles. The van der Waals surface area contributed by atoms with Crippen LogP contribution in [0.15, 0.2) is 0 Å². The third-order valence-electron chi connectivity index (χ3n) is 1.88. The van der Waals surface area contributed by atoms with E-state index >= 15 is 0 Å². The van der Waals surface area contributed by atoms with Crippen LogP contribution in [0.2, 0.25) is 0 Å². The fourth-order valence-corrected chi connectivity index (χ4v) is 0.965. The summed E-state index contributed by atoms with van der Waals surface area (Å²) in [6, 6.07) is 0. The standard InChI is InChI=1S/C6H15NO2.C5H15N3/c1-6(8)9-5-4-7(2)3;1-4-5-8(6-2)7-3/h6,8H,4-5H2,1-3H3;6-7H,4-5H2,1-3H3. The minimum Gasteiger partial charge on any atom is -0.368 e. The third kappa shape index (κ3) is 18.3. The molecular formula is C11H30N4O2. The van der Waals surface area contributed by atoms with Crippen LogP contribution in [0.4, 0.5) is 0 Å². The first-order chi connectivity index (χ1) is 7.97. The van der Waals surface area contributed by atoms with E-state index in [1.807, 2.05) is 38.2 Å². The maximum atomic E-state index is 8.62. The van der Waals surface area contributed by atoms with Crippen LogP contribution in [0.25, 0.3) is 0 Å². The van der Waals surface area contributed by atoms with Gasteiger partial charge in [0.05, 0.1) is 6.61 Å². The monoisotopic (exact) mass is 250 g/mol. The van der Waals surface area contributed by atoms with Crippen LogP contribution < -0.4 is 10.9 Å². The van der Waals surface area contributed by atoms with E-state index in [-0.39, 0.29) is 0 Å². The molecular weight excluding hydrogens is 220 g/mol. The van der Waals surface area contributed by atoms with Crippen molar-refractivity contribution in [2.45, 2.75) is 26.6 Å². The first-order valence-corrected chi connectivity index (χ1v) is 6.04. The van der Waals surface area contributed by atoms with Gasteiger partial charge in [0, 0.05) is 27.2 Å². The van der Waals surface area contributed by atoms with Crippen LogP contribution in [-0.2, 0) is 4.74 Å². The summed E-state index contributed by atoms with van der Waals surface area (Å²) in [5, 5.41) is 10.6. The number of likely N-dealkylation sites (N-methyl/N-ethyl adjacent to an activating group) is 1. The van der Waals surface area contributed by atoms with E-state index in [4.69, 9.17) is 9.84 Å². The van der Waals surface area contributed by atoms with Crippen molar-refractivity contribution in [1.82, 2.24) is 20.9 Å². The highest BCUT2D eigenvalue weighted by molar-refractivity contribution is 4.39. The number of hydrogen-bond acceptors (Lipinski definition) is 6. The Balaban J connectivity index is 0. The fourth-order valence-electron chi connectivity index (χ4n) is 0.965. The summed E-state index contributed by atoms with van der Waals surface area (Å²) in [5.41, 5.74) is 5.95. The van der Waals surface area contributed by atoms with Gasteiger partial charge >= 0.3 is 0 Å². The number of nitrogens with zero attached hydrogens (tertiary/aromatic N) is 2. The average Bonchev–Trinajstić information content (AvgIpc) is 2.25. The summed E-state index contributed by atoms with van der Waals surface area (Å²) in [7, 11) is 7.72. The van der Waals surface area contributed by atoms with E-state index in [2.05, 4.69) is 17.8 Å². The molecule has 3 N–H and O–H groups in total. The van der Waals surface area contributed by atoms with Gasteiger partial charge in [0.2, 0.25) is 0 Å². The quantitative estimate of drug-likeness (QED) is 0.412. The molecule has 0 aliphatic carbocycles. The minimum absolute atomic E-state index is 0.588. The Bertz CT molecular complexity index is 133. The van der Waals surface area contributed by atoms with E-state index in [1.54, 1.807) is 6.92 Å². The lowest BCUT2D eigenvalue weighted by molar-refractivity contribution is -0.0874. The van der Waals surface area contributed by atoms with Crippen molar-refractivity contribution >= 4 is 0 Å². The lowest BCUT2D eigenvalue weighted by Crippen LogP contribution is -2.44. The largest absolute Gasteiger partial charge is 0.368 e.